The number of piperidine rings is 1. The van der Waals surface area contributed by atoms with Crippen LogP contribution in [0.2, 0.25) is 0 Å². The molecule has 0 radical (unpaired) electrons. The number of benzene rings is 1. The normalized spacial score (nSPS) is 14.8. The standard InChI is InChI=1S/C20H21N3O2S.ClH/c1-25-15-4-2-3-14(11-15)17-12-18(19-16(22-17)7-10-26-19)23-8-5-13(6-9-23)20(21)24;/h2-4,7,10-13H,5-6,8-9H2,1H3,(H2,21,24);1H. The molecule has 1 amide bonds. The molecule has 1 fully saturated rings. The van der Waals surface area contributed by atoms with Crippen molar-refractivity contribution in [2.75, 3.05) is 25.1 Å². The van der Waals surface area contributed by atoms with Crippen molar-refractivity contribution in [1.29, 1.82) is 0 Å². The summed E-state index contributed by atoms with van der Waals surface area (Å²) in [6, 6.07) is 12.2. The van der Waals surface area contributed by atoms with Gasteiger partial charge in [-0.1, -0.05) is 12.1 Å². The number of nitrogens with two attached hydrogens (primary N) is 1. The molecule has 0 atom stereocenters. The van der Waals surface area contributed by atoms with E-state index in [1.54, 1.807) is 18.4 Å². The number of thiophene rings is 1. The van der Waals surface area contributed by atoms with Crippen LogP contribution in [0.1, 0.15) is 12.8 Å². The van der Waals surface area contributed by atoms with Gasteiger partial charge in [0.05, 0.1) is 28.7 Å². The van der Waals surface area contributed by atoms with Crippen molar-refractivity contribution < 1.29 is 9.53 Å². The first-order valence-corrected chi connectivity index (χ1v) is 9.60. The third kappa shape index (κ3) is 3.87. The lowest BCUT2D eigenvalue weighted by Crippen LogP contribution is -2.38. The summed E-state index contributed by atoms with van der Waals surface area (Å²) in [6.07, 6.45) is 1.61. The number of rotatable bonds is 4. The lowest BCUT2D eigenvalue weighted by molar-refractivity contribution is -0.122. The molecule has 0 unspecified atom stereocenters. The number of amides is 1. The number of anilines is 1. The Balaban J connectivity index is 0.00000210. The molecule has 5 nitrogen and oxygen atoms in total. The molecule has 1 saturated heterocycles. The van der Waals surface area contributed by atoms with E-state index in [-0.39, 0.29) is 24.2 Å². The maximum Gasteiger partial charge on any atom is 0.220 e. The Morgan fingerprint density at radius 2 is 2.04 bits per heavy atom. The SMILES string of the molecule is COc1cccc(-c2cc(N3CCC(C(N)=O)CC3)c3sccc3n2)c1.Cl. The molecule has 0 aliphatic carbocycles. The molecule has 0 spiro atoms. The number of carbonyl (C=O) groups is 1. The van der Waals surface area contributed by atoms with Gasteiger partial charge < -0.3 is 15.4 Å². The number of aromatic nitrogens is 1. The molecule has 7 heteroatoms. The van der Waals surface area contributed by atoms with Gasteiger partial charge in [0.15, 0.2) is 0 Å². The fraction of sp³-hybridized carbons (Fsp3) is 0.300. The van der Waals surface area contributed by atoms with Gasteiger partial charge in [-0.3, -0.25) is 4.79 Å². The Bertz CT molecular complexity index is 951. The minimum Gasteiger partial charge on any atom is -0.497 e. The van der Waals surface area contributed by atoms with Crippen LogP contribution in [0.25, 0.3) is 21.5 Å². The number of hydrogen-bond donors (Lipinski definition) is 1. The number of methoxy groups -OCH3 is 1. The number of primary amides is 1. The number of pyridine rings is 1. The highest BCUT2D eigenvalue weighted by molar-refractivity contribution is 7.17. The van der Waals surface area contributed by atoms with E-state index in [0.29, 0.717) is 0 Å². The van der Waals surface area contributed by atoms with Crippen molar-refractivity contribution in [3.63, 3.8) is 0 Å². The predicted octanol–water partition coefficient (Wildman–Crippen LogP) is 4.10. The van der Waals surface area contributed by atoms with Crippen molar-refractivity contribution in [2.45, 2.75) is 12.8 Å². The van der Waals surface area contributed by atoms with Crippen molar-refractivity contribution in [3.05, 3.63) is 41.8 Å². The number of nitrogens with zero attached hydrogens (tertiary/aromatic N) is 2. The molecule has 3 aromatic rings. The average Bonchev–Trinajstić information content (AvgIpc) is 3.16. The molecule has 1 aliphatic heterocycles. The summed E-state index contributed by atoms with van der Waals surface area (Å²) in [6.45, 7) is 1.67. The van der Waals surface area contributed by atoms with E-state index in [2.05, 4.69) is 22.4 Å². The van der Waals surface area contributed by atoms with Gasteiger partial charge in [0.25, 0.3) is 0 Å². The van der Waals surface area contributed by atoms with E-state index < -0.39 is 0 Å². The monoisotopic (exact) mass is 403 g/mol. The first-order chi connectivity index (χ1) is 12.7. The fourth-order valence-corrected chi connectivity index (χ4v) is 4.39. The van der Waals surface area contributed by atoms with Crippen molar-refractivity contribution >= 4 is 45.6 Å². The van der Waals surface area contributed by atoms with Crippen LogP contribution >= 0.6 is 23.7 Å². The number of carbonyl (C=O) groups excluding carboxylic acids is 1. The molecule has 1 aromatic carbocycles. The highest BCUT2D eigenvalue weighted by Crippen LogP contribution is 2.36. The highest BCUT2D eigenvalue weighted by atomic mass is 35.5. The smallest absolute Gasteiger partial charge is 0.220 e. The average molecular weight is 404 g/mol. The van der Waals surface area contributed by atoms with Gasteiger partial charge in [0.2, 0.25) is 5.91 Å². The van der Waals surface area contributed by atoms with Crippen molar-refractivity contribution in [2.24, 2.45) is 11.7 Å². The topological polar surface area (TPSA) is 68.5 Å². The maximum absolute atomic E-state index is 11.5. The zero-order valence-corrected chi connectivity index (χ0v) is 16.7. The van der Waals surface area contributed by atoms with Crippen LogP contribution in [0.5, 0.6) is 5.75 Å². The Labute approximate surface area is 168 Å². The summed E-state index contributed by atoms with van der Waals surface area (Å²) in [5, 5.41) is 2.08. The second-order valence-electron chi connectivity index (χ2n) is 6.56. The summed E-state index contributed by atoms with van der Waals surface area (Å²) >= 11 is 1.71. The van der Waals surface area contributed by atoms with Gasteiger partial charge in [-0.2, -0.15) is 0 Å². The number of hydrogen-bond acceptors (Lipinski definition) is 5. The van der Waals surface area contributed by atoms with Crippen molar-refractivity contribution in [1.82, 2.24) is 4.98 Å². The second-order valence-corrected chi connectivity index (χ2v) is 7.47. The molecular weight excluding hydrogens is 382 g/mol. The Morgan fingerprint density at radius 1 is 1.26 bits per heavy atom. The number of fused-ring (bicyclic) bond motifs is 1. The third-order valence-corrected chi connectivity index (χ3v) is 5.92. The zero-order valence-electron chi connectivity index (χ0n) is 15.1. The molecule has 0 saturated carbocycles. The van der Waals surface area contributed by atoms with E-state index in [1.165, 1.54) is 10.4 Å². The van der Waals surface area contributed by atoms with E-state index in [4.69, 9.17) is 15.5 Å². The third-order valence-electron chi connectivity index (χ3n) is 4.99. The molecule has 2 aromatic heterocycles. The van der Waals surface area contributed by atoms with Gasteiger partial charge in [-0.05, 0) is 42.5 Å². The van der Waals surface area contributed by atoms with Gasteiger partial charge in [0, 0.05) is 24.6 Å². The van der Waals surface area contributed by atoms with E-state index in [9.17, 15) is 4.79 Å². The van der Waals surface area contributed by atoms with Gasteiger partial charge >= 0.3 is 0 Å². The first kappa shape index (κ1) is 19.5. The quantitative estimate of drug-likeness (QED) is 0.712. The van der Waals surface area contributed by atoms with Gasteiger partial charge in [-0.25, -0.2) is 4.98 Å². The lowest BCUT2D eigenvalue weighted by Gasteiger charge is -2.32. The van der Waals surface area contributed by atoms with E-state index in [1.807, 2.05) is 24.3 Å². The largest absolute Gasteiger partial charge is 0.497 e. The molecule has 4 rings (SSSR count). The first-order valence-electron chi connectivity index (χ1n) is 8.72. The van der Waals surface area contributed by atoms with E-state index >= 15 is 0 Å². The Hall–Kier alpha value is -2.31. The maximum atomic E-state index is 11.5. The predicted molar refractivity (Wildman–Crippen MR) is 113 cm³/mol. The van der Waals surface area contributed by atoms with E-state index in [0.717, 1.165) is 48.5 Å². The van der Waals surface area contributed by atoms with Crippen molar-refractivity contribution in [3.8, 4) is 17.0 Å². The molecule has 142 valence electrons. The van der Waals surface area contributed by atoms with Gasteiger partial charge in [-0.15, -0.1) is 23.7 Å². The van der Waals surface area contributed by atoms with Crippen LogP contribution < -0.4 is 15.4 Å². The zero-order chi connectivity index (χ0) is 18.1. The highest BCUT2D eigenvalue weighted by Gasteiger charge is 2.25. The summed E-state index contributed by atoms with van der Waals surface area (Å²) in [5.41, 5.74) is 9.63. The van der Waals surface area contributed by atoms with Gasteiger partial charge in [0.1, 0.15) is 5.75 Å². The Kier molecular flexibility index (Phi) is 5.87. The molecule has 2 N–H and O–H groups in total. The lowest BCUT2D eigenvalue weighted by atomic mass is 9.96. The summed E-state index contributed by atoms with van der Waals surface area (Å²) in [5.74, 6) is 0.626. The number of ether oxygens (including phenoxy) is 1. The van der Waals surface area contributed by atoms with Crippen LogP contribution in [-0.4, -0.2) is 31.1 Å². The van der Waals surface area contributed by atoms with Crippen LogP contribution in [-0.2, 0) is 4.79 Å². The second kappa shape index (κ2) is 8.15. The van der Waals surface area contributed by atoms with Crippen LogP contribution in [0.3, 0.4) is 0 Å². The molecule has 0 bridgehead atoms. The van der Waals surface area contributed by atoms with Crippen LogP contribution in [0.15, 0.2) is 41.8 Å². The summed E-state index contributed by atoms with van der Waals surface area (Å²) in [4.78, 5) is 18.6. The fourth-order valence-electron chi connectivity index (χ4n) is 3.51. The number of halogens is 1. The molecule has 27 heavy (non-hydrogen) atoms. The minimum absolute atomic E-state index is 0. The summed E-state index contributed by atoms with van der Waals surface area (Å²) in [7, 11) is 1.67. The molecule has 3 heterocycles. The molecular formula is C20H22ClN3O2S. The minimum atomic E-state index is -0.183. The van der Waals surface area contributed by atoms with Crippen LogP contribution in [0.4, 0.5) is 5.69 Å². The Morgan fingerprint density at radius 3 is 2.74 bits per heavy atom. The summed E-state index contributed by atoms with van der Waals surface area (Å²) < 4.78 is 6.54. The molecule has 1 aliphatic rings. The van der Waals surface area contributed by atoms with Crippen LogP contribution in [0, 0.1) is 5.92 Å².